The highest BCUT2D eigenvalue weighted by molar-refractivity contribution is 5.66. The molecule has 0 aliphatic carbocycles. The number of hydrogen-bond donors (Lipinski definition) is 0. The lowest BCUT2D eigenvalue weighted by atomic mass is 10.0. The summed E-state index contributed by atoms with van der Waals surface area (Å²) in [4.78, 5) is 10.9. The topological polar surface area (TPSA) is 26.3 Å². The van der Waals surface area contributed by atoms with Crippen LogP contribution in [0.15, 0.2) is 36.9 Å². The summed E-state index contributed by atoms with van der Waals surface area (Å²) < 4.78 is 5.08. The molecule has 15 heavy (non-hydrogen) atoms. The van der Waals surface area contributed by atoms with Crippen LogP contribution in [0, 0.1) is 12.3 Å². The molecule has 0 aliphatic rings. The number of hydrogen-bond acceptors (Lipinski definition) is 2. The molecule has 0 aromatic heterocycles. The molecule has 0 bridgehead atoms. The van der Waals surface area contributed by atoms with Crippen molar-refractivity contribution in [2.75, 3.05) is 0 Å². The number of carbonyl (C=O) groups is 1. The van der Waals surface area contributed by atoms with E-state index in [0.717, 1.165) is 5.56 Å². The minimum absolute atomic E-state index is 0.355. The Labute approximate surface area is 89.6 Å². The van der Waals surface area contributed by atoms with Crippen molar-refractivity contribution in [3.63, 3.8) is 0 Å². The molecule has 0 heterocycles. The Morgan fingerprint density at radius 1 is 1.60 bits per heavy atom. The molecule has 0 radical (unpaired) electrons. The van der Waals surface area contributed by atoms with Crippen molar-refractivity contribution in [3.8, 4) is 12.3 Å². The van der Waals surface area contributed by atoms with Gasteiger partial charge in [-0.1, -0.05) is 30.7 Å². The molecule has 0 aliphatic heterocycles. The summed E-state index contributed by atoms with van der Waals surface area (Å²) in [5.41, 5.74) is 1.49. The Balaban J connectivity index is 3.07. The molecule has 2 nitrogen and oxygen atoms in total. The Morgan fingerprint density at radius 2 is 2.27 bits per heavy atom. The maximum atomic E-state index is 10.9. The number of rotatable bonds is 3. The lowest BCUT2D eigenvalue weighted by molar-refractivity contribution is -0.144. The third-order valence-corrected chi connectivity index (χ3v) is 1.93. The Hall–Kier alpha value is -2.01. The van der Waals surface area contributed by atoms with Gasteiger partial charge in [0.15, 0.2) is 0 Å². The first-order valence-electron chi connectivity index (χ1n) is 4.54. The van der Waals surface area contributed by atoms with Crippen molar-refractivity contribution in [2.24, 2.45) is 0 Å². The summed E-state index contributed by atoms with van der Waals surface area (Å²) in [7, 11) is 0. The predicted octanol–water partition coefficient (Wildman–Crippen LogP) is 2.46. The molecule has 0 N–H and O–H groups in total. The fourth-order valence-electron chi connectivity index (χ4n) is 1.29. The van der Waals surface area contributed by atoms with E-state index in [4.69, 9.17) is 11.2 Å². The summed E-state index contributed by atoms with van der Waals surface area (Å²) in [6.45, 7) is 4.98. The van der Waals surface area contributed by atoms with Crippen LogP contribution in [-0.4, -0.2) is 5.97 Å². The second-order valence-electron chi connectivity index (χ2n) is 3.00. The highest BCUT2D eigenvalue weighted by Crippen LogP contribution is 2.21. The number of carbonyl (C=O) groups excluding carboxylic acids is 1. The molecule has 1 aromatic carbocycles. The lowest BCUT2D eigenvalue weighted by Crippen LogP contribution is -2.07. The Kier molecular flexibility index (Phi) is 3.70. The van der Waals surface area contributed by atoms with E-state index in [1.165, 1.54) is 6.92 Å². The van der Waals surface area contributed by atoms with Crippen molar-refractivity contribution in [1.82, 2.24) is 0 Å². The van der Waals surface area contributed by atoms with E-state index in [0.29, 0.717) is 5.56 Å². The Morgan fingerprint density at radius 3 is 2.80 bits per heavy atom. The van der Waals surface area contributed by atoms with Crippen LogP contribution in [0.5, 0.6) is 0 Å². The van der Waals surface area contributed by atoms with Crippen molar-refractivity contribution in [1.29, 1.82) is 0 Å². The first kappa shape index (κ1) is 11.1. The maximum Gasteiger partial charge on any atom is 0.303 e. The van der Waals surface area contributed by atoms with Crippen LogP contribution in [0.25, 0.3) is 0 Å². The average Bonchev–Trinajstić information content (AvgIpc) is 2.25. The molecule has 1 unspecified atom stereocenters. The highest BCUT2D eigenvalue weighted by atomic mass is 16.5. The minimum atomic E-state index is -0.477. The van der Waals surface area contributed by atoms with E-state index < -0.39 is 6.10 Å². The van der Waals surface area contributed by atoms with E-state index in [1.54, 1.807) is 12.1 Å². The summed E-state index contributed by atoms with van der Waals surface area (Å²) >= 11 is 0. The van der Waals surface area contributed by atoms with Gasteiger partial charge in [0, 0.05) is 18.1 Å². The van der Waals surface area contributed by atoms with Gasteiger partial charge in [0.2, 0.25) is 0 Å². The van der Waals surface area contributed by atoms with Gasteiger partial charge in [-0.2, -0.15) is 0 Å². The van der Waals surface area contributed by atoms with Gasteiger partial charge in [-0.3, -0.25) is 4.79 Å². The molecule has 0 saturated heterocycles. The molecule has 0 amide bonds. The van der Waals surface area contributed by atoms with Crippen molar-refractivity contribution in [2.45, 2.75) is 13.0 Å². The average molecular weight is 200 g/mol. The summed E-state index contributed by atoms with van der Waals surface area (Å²) in [5, 5.41) is 0. The fraction of sp³-hybridized carbons (Fsp3) is 0.154. The molecule has 0 fully saturated rings. The van der Waals surface area contributed by atoms with Gasteiger partial charge < -0.3 is 4.74 Å². The molecule has 0 saturated carbocycles. The van der Waals surface area contributed by atoms with Crippen LogP contribution in [-0.2, 0) is 9.53 Å². The molecule has 1 rings (SSSR count). The van der Waals surface area contributed by atoms with Gasteiger partial charge in [0.1, 0.15) is 6.10 Å². The highest BCUT2D eigenvalue weighted by Gasteiger charge is 2.13. The van der Waals surface area contributed by atoms with Crippen molar-refractivity contribution >= 4 is 5.97 Å². The second kappa shape index (κ2) is 5.02. The van der Waals surface area contributed by atoms with Crippen LogP contribution in [0.2, 0.25) is 0 Å². The van der Waals surface area contributed by atoms with Crippen molar-refractivity contribution in [3.05, 3.63) is 48.0 Å². The lowest BCUT2D eigenvalue weighted by Gasteiger charge is -2.14. The summed E-state index contributed by atoms with van der Waals surface area (Å²) in [6.07, 6.45) is 6.43. The zero-order valence-corrected chi connectivity index (χ0v) is 8.57. The molecule has 76 valence electrons. The molecule has 0 spiro atoms. The molecular weight excluding hydrogens is 188 g/mol. The number of benzene rings is 1. The fourth-order valence-corrected chi connectivity index (χ4v) is 1.29. The minimum Gasteiger partial charge on any atom is -0.453 e. The van der Waals surface area contributed by atoms with E-state index in [-0.39, 0.29) is 5.97 Å². The smallest absolute Gasteiger partial charge is 0.303 e. The standard InChI is InChI=1S/C13H12O2/c1-4-11-8-6-7-9-12(11)13(5-2)15-10(3)14/h1,5-9,13H,2H2,3H3. The van der Waals surface area contributed by atoms with Crippen LogP contribution in [0.4, 0.5) is 0 Å². The second-order valence-corrected chi connectivity index (χ2v) is 3.00. The predicted molar refractivity (Wildman–Crippen MR) is 59.1 cm³/mol. The number of esters is 1. The molecule has 2 heteroatoms. The summed E-state index contributed by atoms with van der Waals surface area (Å²) in [6, 6.07) is 7.31. The Bertz CT molecular complexity index is 413. The van der Waals surface area contributed by atoms with Crippen LogP contribution in [0.1, 0.15) is 24.2 Å². The largest absolute Gasteiger partial charge is 0.453 e. The molecule has 1 aromatic rings. The van der Waals surface area contributed by atoms with Gasteiger partial charge in [-0.15, -0.1) is 6.42 Å². The van der Waals surface area contributed by atoms with Gasteiger partial charge in [0.05, 0.1) is 0 Å². The van der Waals surface area contributed by atoms with E-state index in [1.807, 2.05) is 18.2 Å². The maximum absolute atomic E-state index is 10.9. The summed E-state index contributed by atoms with van der Waals surface area (Å²) in [5.74, 6) is 2.19. The van der Waals surface area contributed by atoms with Gasteiger partial charge in [-0.25, -0.2) is 0 Å². The van der Waals surface area contributed by atoms with Gasteiger partial charge >= 0.3 is 5.97 Å². The molecule has 1 atom stereocenters. The van der Waals surface area contributed by atoms with Gasteiger partial charge in [-0.05, 0) is 12.1 Å². The van der Waals surface area contributed by atoms with Crippen LogP contribution >= 0.6 is 0 Å². The number of terminal acetylenes is 1. The van der Waals surface area contributed by atoms with Gasteiger partial charge in [0.25, 0.3) is 0 Å². The quantitative estimate of drug-likeness (QED) is 0.425. The normalized spacial score (nSPS) is 11.2. The van der Waals surface area contributed by atoms with Crippen LogP contribution in [0.3, 0.4) is 0 Å². The van der Waals surface area contributed by atoms with Crippen LogP contribution < -0.4 is 0 Å². The first-order valence-corrected chi connectivity index (χ1v) is 4.54. The third kappa shape index (κ3) is 2.72. The number of ether oxygens (including phenoxy) is 1. The molecular formula is C13H12O2. The monoisotopic (exact) mass is 200 g/mol. The zero-order valence-electron chi connectivity index (χ0n) is 8.57. The SMILES string of the molecule is C#Cc1ccccc1C(C=C)OC(C)=O. The van der Waals surface area contributed by atoms with E-state index >= 15 is 0 Å². The zero-order chi connectivity index (χ0) is 11.3. The van der Waals surface area contributed by atoms with E-state index in [2.05, 4.69) is 12.5 Å². The first-order chi connectivity index (χ1) is 7.19. The third-order valence-electron chi connectivity index (χ3n) is 1.93. The van der Waals surface area contributed by atoms with E-state index in [9.17, 15) is 4.79 Å². The van der Waals surface area contributed by atoms with Crippen molar-refractivity contribution < 1.29 is 9.53 Å².